The van der Waals surface area contributed by atoms with E-state index in [2.05, 4.69) is 34.6 Å². The Morgan fingerprint density at radius 2 is 1.59 bits per heavy atom. The van der Waals surface area contributed by atoms with E-state index in [1.807, 2.05) is 59.5 Å². The molecule has 41 heavy (non-hydrogen) atoms. The van der Waals surface area contributed by atoms with Crippen molar-refractivity contribution < 1.29 is 13.2 Å². The van der Waals surface area contributed by atoms with Crippen LogP contribution in [-0.4, -0.2) is 68.9 Å². The van der Waals surface area contributed by atoms with Crippen molar-refractivity contribution >= 4 is 26.8 Å². The van der Waals surface area contributed by atoms with E-state index in [0.29, 0.717) is 12.0 Å². The molecule has 0 spiro atoms. The van der Waals surface area contributed by atoms with Crippen molar-refractivity contribution in [3.8, 4) is 11.3 Å². The zero-order valence-electron chi connectivity index (χ0n) is 24.0. The summed E-state index contributed by atoms with van der Waals surface area (Å²) in [5.74, 6) is 0.0601. The number of benzene rings is 3. The Hall–Kier alpha value is -3.46. The summed E-state index contributed by atoms with van der Waals surface area (Å²) in [4.78, 5) is 21.0. The topological polar surface area (TPSA) is 85.5 Å². The number of fused-ring (bicyclic) bond motifs is 1. The minimum Gasteiger partial charge on any atom is -0.354 e. The lowest BCUT2D eigenvalue weighted by molar-refractivity contribution is 0.0664. The molecule has 5 rings (SSSR count). The second kappa shape index (κ2) is 13.0. The lowest BCUT2D eigenvalue weighted by Gasteiger charge is -2.32. The highest BCUT2D eigenvalue weighted by molar-refractivity contribution is 7.89. The number of nitrogens with one attached hydrogen (secondary N) is 2. The molecule has 0 radical (unpaired) electrons. The summed E-state index contributed by atoms with van der Waals surface area (Å²) in [5, 5.41) is 1.07. The minimum atomic E-state index is -3.62. The van der Waals surface area contributed by atoms with Crippen molar-refractivity contribution in [3.05, 3.63) is 89.5 Å². The molecule has 1 aliphatic rings. The van der Waals surface area contributed by atoms with Gasteiger partial charge in [-0.05, 0) is 73.3 Å². The van der Waals surface area contributed by atoms with Gasteiger partial charge < -0.3 is 14.8 Å². The molecule has 0 aliphatic carbocycles. The van der Waals surface area contributed by atoms with Gasteiger partial charge in [-0.3, -0.25) is 4.79 Å². The maximum atomic E-state index is 13.0. The molecule has 1 fully saturated rings. The van der Waals surface area contributed by atoms with E-state index in [1.54, 1.807) is 12.1 Å². The van der Waals surface area contributed by atoms with Crippen LogP contribution < -0.4 is 4.72 Å². The highest BCUT2D eigenvalue weighted by atomic mass is 32.2. The monoisotopic (exact) mass is 572 g/mol. The average Bonchev–Trinajstić information content (AvgIpc) is 3.36. The van der Waals surface area contributed by atoms with Gasteiger partial charge in [0.1, 0.15) is 0 Å². The van der Waals surface area contributed by atoms with Gasteiger partial charge in [0.25, 0.3) is 5.91 Å². The van der Waals surface area contributed by atoms with E-state index in [1.165, 1.54) is 6.42 Å². The molecule has 1 aliphatic heterocycles. The van der Waals surface area contributed by atoms with Crippen LogP contribution in [0.3, 0.4) is 0 Å². The Kier molecular flexibility index (Phi) is 9.22. The third kappa shape index (κ3) is 6.89. The average molecular weight is 573 g/mol. The zero-order chi connectivity index (χ0) is 28.8. The molecule has 4 aromatic rings. The number of hydrogen-bond acceptors (Lipinski definition) is 4. The van der Waals surface area contributed by atoms with Crippen molar-refractivity contribution in [1.29, 1.82) is 0 Å². The number of rotatable bonds is 11. The van der Waals surface area contributed by atoms with Gasteiger partial charge in [0.05, 0.1) is 4.90 Å². The Labute approximate surface area is 243 Å². The number of carbonyl (C=O) groups excluding carboxylic acids is 1. The van der Waals surface area contributed by atoms with Crippen LogP contribution in [0, 0.1) is 0 Å². The number of nitrogens with zero attached hydrogens (tertiary/aromatic N) is 2. The van der Waals surface area contributed by atoms with Gasteiger partial charge in [-0.2, -0.15) is 0 Å². The summed E-state index contributed by atoms with van der Waals surface area (Å²) in [5.41, 5.74) is 5.80. The third-order valence-electron chi connectivity index (χ3n) is 7.99. The van der Waals surface area contributed by atoms with E-state index in [0.717, 1.165) is 78.7 Å². The summed E-state index contributed by atoms with van der Waals surface area (Å²) < 4.78 is 28.9. The van der Waals surface area contributed by atoms with Gasteiger partial charge in [0.15, 0.2) is 0 Å². The van der Waals surface area contributed by atoms with Crippen LogP contribution >= 0.6 is 0 Å². The molecule has 3 aromatic carbocycles. The molecular weight excluding hydrogens is 532 g/mol. The number of carbonyl (C=O) groups is 1. The van der Waals surface area contributed by atoms with Gasteiger partial charge in [0, 0.05) is 54.9 Å². The number of likely N-dealkylation sites (N-methyl/N-ethyl adjacent to an activating group) is 1. The van der Waals surface area contributed by atoms with Crippen LogP contribution in [0.2, 0.25) is 0 Å². The summed E-state index contributed by atoms with van der Waals surface area (Å²) in [7, 11) is -1.55. The SMILES string of the molecule is CCCCCc1ccc(S(=O)(=O)NCCc2c(-c3ccc(C(=O)N4CCN(C)CC4)cc3)[nH]c3ccccc23)cc1. The molecule has 2 N–H and O–H groups in total. The molecule has 1 saturated heterocycles. The normalized spacial score (nSPS) is 14.5. The van der Waals surface area contributed by atoms with Crippen LogP contribution in [0.1, 0.15) is 47.7 Å². The van der Waals surface area contributed by atoms with Crippen molar-refractivity contribution in [3.63, 3.8) is 0 Å². The van der Waals surface area contributed by atoms with Gasteiger partial charge in [-0.1, -0.05) is 62.2 Å². The van der Waals surface area contributed by atoms with Crippen molar-refractivity contribution in [2.45, 2.75) is 43.9 Å². The molecular formula is C33H40N4O3S. The number of H-pyrrole nitrogens is 1. The maximum absolute atomic E-state index is 13.0. The fourth-order valence-corrected chi connectivity index (χ4v) is 6.52. The number of para-hydroxylation sites is 1. The molecule has 0 saturated carbocycles. The fraction of sp³-hybridized carbons (Fsp3) is 0.364. The Morgan fingerprint density at radius 3 is 2.29 bits per heavy atom. The Morgan fingerprint density at radius 1 is 0.878 bits per heavy atom. The molecule has 0 unspecified atom stereocenters. The number of aryl methyl sites for hydroxylation is 1. The first kappa shape index (κ1) is 29.0. The largest absolute Gasteiger partial charge is 0.354 e. The van der Waals surface area contributed by atoms with Crippen LogP contribution in [0.4, 0.5) is 0 Å². The Balaban J connectivity index is 1.29. The summed E-state index contributed by atoms with van der Waals surface area (Å²) in [6, 6.07) is 23.0. The first-order chi connectivity index (χ1) is 19.9. The fourth-order valence-electron chi connectivity index (χ4n) is 5.49. The number of hydrogen-bond donors (Lipinski definition) is 2. The molecule has 2 heterocycles. The Bertz CT molecular complexity index is 1570. The lowest BCUT2D eigenvalue weighted by Crippen LogP contribution is -2.47. The molecule has 0 bridgehead atoms. The second-order valence-corrected chi connectivity index (χ2v) is 12.7. The molecule has 8 heteroatoms. The molecule has 1 amide bonds. The van der Waals surface area contributed by atoms with E-state index in [4.69, 9.17) is 0 Å². The van der Waals surface area contributed by atoms with E-state index >= 15 is 0 Å². The number of unbranched alkanes of at least 4 members (excludes halogenated alkanes) is 2. The van der Waals surface area contributed by atoms with Crippen LogP contribution in [0.25, 0.3) is 22.2 Å². The highest BCUT2D eigenvalue weighted by Gasteiger charge is 2.21. The molecule has 216 valence electrons. The van der Waals surface area contributed by atoms with Gasteiger partial charge in [-0.15, -0.1) is 0 Å². The first-order valence-electron chi connectivity index (χ1n) is 14.6. The number of piperazine rings is 1. The summed E-state index contributed by atoms with van der Waals surface area (Å²) >= 11 is 0. The van der Waals surface area contributed by atoms with Crippen molar-refractivity contribution in [2.75, 3.05) is 39.8 Å². The quantitative estimate of drug-likeness (QED) is 0.233. The smallest absolute Gasteiger partial charge is 0.253 e. The number of aromatic nitrogens is 1. The lowest BCUT2D eigenvalue weighted by atomic mass is 10.0. The molecule has 0 atom stereocenters. The van der Waals surface area contributed by atoms with Gasteiger partial charge in [-0.25, -0.2) is 13.1 Å². The predicted molar refractivity (Wildman–Crippen MR) is 166 cm³/mol. The van der Waals surface area contributed by atoms with E-state index in [-0.39, 0.29) is 17.3 Å². The standard InChI is InChI=1S/C33H40N4O3S/c1-3-4-5-8-25-11-17-28(18-12-25)41(39,40)34-20-19-30-29-9-6-7-10-31(29)35-32(30)26-13-15-27(16-14-26)33(38)37-23-21-36(2)22-24-37/h6-7,9-18,34-35H,3-5,8,19-24H2,1-2H3. The molecule has 1 aromatic heterocycles. The maximum Gasteiger partial charge on any atom is 0.253 e. The second-order valence-electron chi connectivity index (χ2n) is 10.9. The zero-order valence-corrected chi connectivity index (χ0v) is 24.8. The summed E-state index contributed by atoms with van der Waals surface area (Å²) in [6.45, 7) is 5.70. The highest BCUT2D eigenvalue weighted by Crippen LogP contribution is 2.31. The number of aromatic amines is 1. The first-order valence-corrected chi connectivity index (χ1v) is 16.1. The number of amides is 1. The summed E-state index contributed by atoms with van der Waals surface area (Å²) in [6.07, 6.45) is 4.95. The van der Waals surface area contributed by atoms with E-state index in [9.17, 15) is 13.2 Å². The number of sulfonamides is 1. The van der Waals surface area contributed by atoms with Gasteiger partial charge >= 0.3 is 0 Å². The van der Waals surface area contributed by atoms with Crippen LogP contribution in [0.5, 0.6) is 0 Å². The molecule has 7 nitrogen and oxygen atoms in total. The van der Waals surface area contributed by atoms with Crippen molar-refractivity contribution in [2.24, 2.45) is 0 Å². The van der Waals surface area contributed by atoms with E-state index < -0.39 is 10.0 Å². The minimum absolute atomic E-state index is 0.0601. The van der Waals surface area contributed by atoms with Gasteiger partial charge in [0.2, 0.25) is 10.0 Å². The predicted octanol–water partition coefficient (Wildman–Crippen LogP) is 5.48. The van der Waals surface area contributed by atoms with Crippen LogP contribution in [-0.2, 0) is 22.9 Å². The van der Waals surface area contributed by atoms with Crippen LogP contribution in [0.15, 0.2) is 77.7 Å². The third-order valence-corrected chi connectivity index (χ3v) is 9.47. The van der Waals surface area contributed by atoms with Crippen molar-refractivity contribution in [1.82, 2.24) is 19.5 Å².